The van der Waals surface area contributed by atoms with Crippen LogP contribution in [0.2, 0.25) is 0 Å². The molecule has 47 heavy (non-hydrogen) atoms. The van der Waals surface area contributed by atoms with E-state index in [4.69, 9.17) is 0 Å². The monoisotopic (exact) mass is 666 g/mol. The predicted octanol–water partition coefficient (Wildman–Crippen LogP) is 4.06. The first-order valence-electron chi connectivity index (χ1n) is 16.6. The third kappa shape index (κ3) is 10.5. The van der Waals surface area contributed by atoms with Crippen molar-refractivity contribution in [2.45, 2.75) is 101 Å². The molecule has 2 aromatic carbocycles. The summed E-state index contributed by atoms with van der Waals surface area (Å²) in [5, 5.41) is 28.4. The molecular formula is C36H50N4O6S. The number of carbonyl (C=O) groups excluding carboxylic acids is 2. The van der Waals surface area contributed by atoms with Crippen LogP contribution in [0.15, 0.2) is 73.2 Å². The molecule has 3 aromatic rings. The first-order chi connectivity index (χ1) is 22.3. The summed E-state index contributed by atoms with van der Waals surface area (Å²) in [6.45, 7) is 4.82. The molecule has 5 N–H and O–H groups in total. The number of H-pyrrole nitrogens is 1. The minimum atomic E-state index is -3.69. The van der Waals surface area contributed by atoms with Crippen LogP contribution in [0.5, 0.6) is 0 Å². The lowest BCUT2D eigenvalue weighted by Crippen LogP contribution is -2.56. The van der Waals surface area contributed by atoms with Crippen molar-refractivity contribution >= 4 is 21.7 Å². The molecule has 4 rings (SSSR count). The molecule has 0 aliphatic heterocycles. The van der Waals surface area contributed by atoms with Gasteiger partial charge in [0.2, 0.25) is 11.8 Å². The van der Waals surface area contributed by atoms with Gasteiger partial charge in [0, 0.05) is 18.3 Å². The molecule has 11 heteroatoms. The van der Waals surface area contributed by atoms with E-state index in [-0.39, 0.29) is 24.5 Å². The zero-order valence-electron chi connectivity index (χ0n) is 27.6. The molecule has 1 fully saturated rings. The second kappa shape index (κ2) is 16.5. The van der Waals surface area contributed by atoms with Gasteiger partial charge < -0.3 is 25.8 Å². The van der Waals surface area contributed by atoms with Crippen LogP contribution in [0.3, 0.4) is 0 Å². The summed E-state index contributed by atoms with van der Waals surface area (Å²) >= 11 is 0. The number of nitrogens with one attached hydrogen (secondary N) is 3. The van der Waals surface area contributed by atoms with E-state index in [1.807, 2.05) is 36.4 Å². The number of amides is 2. The van der Waals surface area contributed by atoms with Gasteiger partial charge in [0.1, 0.15) is 18.2 Å². The SMILES string of the molecule is CC(C)(C)S(=O)(=O)C[C@@H](Cc1ccccc1)C(=O)N[C@@H](Cc1cnc[nH]1)C(=O)N[C@@H](CC1CCCCC1)[C@@H](O)[C@@H](O)c1ccccc1. The van der Waals surface area contributed by atoms with E-state index < -0.39 is 56.6 Å². The van der Waals surface area contributed by atoms with E-state index in [1.54, 1.807) is 51.2 Å². The van der Waals surface area contributed by atoms with Crippen molar-refractivity contribution in [3.05, 3.63) is 90.0 Å². The molecular weight excluding hydrogens is 616 g/mol. The topological polar surface area (TPSA) is 161 Å². The van der Waals surface area contributed by atoms with Crippen molar-refractivity contribution in [3.8, 4) is 0 Å². The number of imidazole rings is 1. The van der Waals surface area contributed by atoms with Crippen molar-refractivity contribution < 1.29 is 28.2 Å². The number of aliphatic hydroxyl groups is 2. The van der Waals surface area contributed by atoms with Gasteiger partial charge in [-0.25, -0.2) is 13.4 Å². The third-order valence-corrected chi connectivity index (χ3v) is 11.9. The van der Waals surface area contributed by atoms with E-state index in [9.17, 15) is 28.2 Å². The van der Waals surface area contributed by atoms with E-state index in [0.29, 0.717) is 17.7 Å². The Hall–Kier alpha value is -3.54. The Morgan fingerprint density at radius 1 is 0.915 bits per heavy atom. The lowest BCUT2D eigenvalue weighted by atomic mass is 9.82. The van der Waals surface area contributed by atoms with Crippen LogP contribution in [-0.2, 0) is 32.3 Å². The van der Waals surface area contributed by atoms with Crippen molar-refractivity contribution in [3.63, 3.8) is 0 Å². The average Bonchev–Trinajstić information content (AvgIpc) is 3.57. The lowest BCUT2D eigenvalue weighted by molar-refractivity contribution is -0.132. The van der Waals surface area contributed by atoms with Crippen molar-refractivity contribution in [1.82, 2.24) is 20.6 Å². The first kappa shape index (κ1) is 36.3. The van der Waals surface area contributed by atoms with Gasteiger partial charge in [-0.3, -0.25) is 9.59 Å². The molecule has 0 spiro atoms. The van der Waals surface area contributed by atoms with Gasteiger partial charge in [0.25, 0.3) is 0 Å². The summed E-state index contributed by atoms with van der Waals surface area (Å²) in [6, 6.07) is 16.1. The Balaban J connectivity index is 1.59. The van der Waals surface area contributed by atoms with Gasteiger partial charge in [0.15, 0.2) is 9.84 Å². The lowest BCUT2D eigenvalue weighted by Gasteiger charge is -2.33. The Morgan fingerprint density at radius 2 is 1.55 bits per heavy atom. The van der Waals surface area contributed by atoms with Gasteiger partial charge in [-0.2, -0.15) is 0 Å². The minimum absolute atomic E-state index is 0.0646. The van der Waals surface area contributed by atoms with Crippen molar-refractivity contribution in [2.24, 2.45) is 11.8 Å². The molecule has 0 radical (unpaired) electrons. The van der Waals surface area contributed by atoms with Crippen LogP contribution in [0.4, 0.5) is 0 Å². The van der Waals surface area contributed by atoms with Crippen molar-refractivity contribution in [1.29, 1.82) is 0 Å². The van der Waals surface area contributed by atoms with Crippen LogP contribution in [0.1, 0.15) is 82.2 Å². The average molecular weight is 667 g/mol. The van der Waals surface area contributed by atoms with Crippen LogP contribution in [-0.4, -0.2) is 69.1 Å². The fourth-order valence-electron chi connectivity index (χ4n) is 6.17. The number of sulfone groups is 1. The standard InChI is InChI=1S/C36H50N4O6S/c1-36(2,3)47(45,46)23-28(19-25-13-7-4-8-14-25)34(43)40-31(21-29-22-37-24-38-29)35(44)39-30(20-26-15-9-5-10-16-26)33(42)32(41)27-17-11-6-12-18-27/h4,6-8,11-14,17-18,22,24,26,28,30-33,41-42H,5,9-10,15-16,19-21,23H2,1-3H3,(H,37,38)(H,39,44)(H,40,43)/t28-,30+,31+,32+,33-/m1/s1. The number of carbonyl (C=O) groups is 2. The quantitative estimate of drug-likeness (QED) is 0.163. The molecule has 0 saturated heterocycles. The summed E-state index contributed by atoms with van der Waals surface area (Å²) < 4.78 is 25.5. The van der Waals surface area contributed by atoms with Gasteiger partial charge in [-0.15, -0.1) is 0 Å². The summed E-state index contributed by atoms with van der Waals surface area (Å²) in [5.41, 5.74) is 1.94. The molecule has 0 bridgehead atoms. The second-order valence-electron chi connectivity index (χ2n) is 13.8. The fraction of sp³-hybridized carbons (Fsp3) is 0.528. The Bertz CT molecular complexity index is 1500. The largest absolute Gasteiger partial charge is 0.388 e. The first-order valence-corrected chi connectivity index (χ1v) is 18.2. The molecule has 5 atom stereocenters. The molecule has 1 aliphatic rings. The van der Waals surface area contributed by atoms with Gasteiger partial charge in [0.05, 0.1) is 28.8 Å². The van der Waals surface area contributed by atoms with E-state index >= 15 is 0 Å². The highest BCUT2D eigenvalue weighted by molar-refractivity contribution is 7.92. The van der Waals surface area contributed by atoms with E-state index in [0.717, 1.165) is 37.7 Å². The predicted molar refractivity (Wildman–Crippen MR) is 182 cm³/mol. The number of aromatic amines is 1. The second-order valence-corrected chi connectivity index (χ2v) is 16.6. The summed E-state index contributed by atoms with van der Waals surface area (Å²) in [5.74, 6) is -2.17. The zero-order chi connectivity index (χ0) is 34.0. The highest BCUT2D eigenvalue weighted by Crippen LogP contribution is 2.30. The molecule has 1 aliphatic carbocycles. The fourth-order valence-corrected chi connectivity index (χ4v) is 7.47. The number of hydrogen-bond acceptors (Lipinski definition) is 7. The van der Waals surface area contributed by atoms with Crippen LogP contribution < -0.4 is 10.6 Å². The number of benzene rings is 2. The van der Waals surface area contributed by atoms with E-state index in [1.165, 1.54) is 6.33 Å². The number of nitrogens with zero attached hydrogens (tertiary/aromatic N) is 1. The highest BCUT2D eigenvalue weighted by atomic mass is 32.2. The molecule has 1 heterocycles. The summed E-state index contributed by atoms with van der Waals surface area (Å²) in [6.07, 6.45) is 6.45. The highest BCUT2D eigenvalue weighted by Gasteiger charge is 2.37. The Kier molecular flexibility index (Phi) is 12.8. The third-order valence-electron chi connectivity index (χ3n) is 9.18. The van der Waals surface area contributed by atoms with Gasteiger partial charge in [-0.1, -0.05) is 92.8 Å². The van der Waals surface area contributed by atoms with Crippen LogP contribution >= 0.6 is 0 Å². The maximum atomic E-state index is 14.1. The Morgan fingerprint density at radius 3 is 2.15 bits per heavy atom. The van der Waals surface area contributed by atoms with Gasteiger partial charge in [-0.05, 0) is 50.7 Å². The number of hydrogen-bond donors (Lipinski definition) is 5. The smallest absolute Gasteiger partial charge is 0.243 e. The number of aliphatic hydroxyl groups excluding tert-OH is 2. The van der Waals surface area contributed by atoms with E-state index in [2.05, 4.69) is 20.6 Å². The summed E-state index contributed by atoms with van der Waals surface area (Å²) in [7, 11) is -3.69. The summed E-state index contributed by atoms with van der Waals surface area (Å²) in [4.78, 5) is 35.1. The van der Waals surface area contributed by atoms with Crippen LogP contribution in [0, 0.1) is 11.8 Å². The normalized spacial score (nSPS) is 17.6. The number of aromatic nitrogens is 2. The van der Waals surface area contributed by atoms with Crippen molar-refractivity contribution in [2.75, 3.05) is 5.75 Å². The maximum Gasteiger partial charge on any atom is 0.243 e. The molecule has 0 unspecified atom stereocenters. The van der Waals surface area contributed by atoms with Crippen LogP contribution in [0.25, 0.3) is 0 Å². The van der Waals surface area contributed by atoms with Gasteiger partial charge >= 0.3 is 0 Å². The molecule has 2 amide bonds. The number of rotatable bonds is 15. The molecule has 10 nitrogen and oxygen atoms in total. The maximum absolute atomic E-state index is 14.1. The minimum Gasteiger partial charge on any atom is -0.388 e. The molecule has 1 aromatic heterocycles. The molecule has 1 saturated carbocycles. The molecule has 256 valence electrons. The Labute approximate surface area is 278 Å². The zero-order valence-corrected chi connectivity index (χ0v) is 28.5.